The number of thioether (sulfide) groups is 1. The molecule has 0 fully saturated rings. The number of halogens is 3. The maximum absolute atomic E-state index is 14.6. The molecule has 1 unspecified atom stereocenters. The van der Waals surface area contributed by atoms with Crippen LogP contribution in [-0.2, 0) is 9.59 Å². The molecular weight excluding hydrogens is 384 g/mol. The summed E-state index contributed by atoms with van der Waals surface area (Å²) in [5.41, 5.74) is -0.130. The summed E-state index contributed by atoms with van der Waals surface area (Å²) in [7, 11) is 0. The second-order valence-corrected chi connectivity index (χ2v) is 6.96. The number of carboxylic acids is 1. The smallest absolute Gasteiger partial charge is 0.332 e. The van der Waals surface area contributed by atoms with Crippen LogP contribution >= 0.6 is 23.4 Å². The molecule has 1 amide bonds. The maximum Gasteiger partial charge on any atom is 0.332 e. The van der Waals surface area contributed by atoms with E-state index in [-0.39, 0.29) is 16.2 Å². The van der Waals surface area contributed by atoms with Gasteiger partial charge in [-0.3, -0.25) is 4.79 Å². The third-order valence-electron chi connectivity index (χ3n) is 3.83. The van der Waals surface area contributed by atoms with Crippen molar-refractivity contribution < 1.29 is 23.5 Å². The lowest BCUT2D eigenvalue weighted by Gasteiger charge is -2.15. The summed E-state index contributed by atoms with van der Waals surface area (Å²) in [6, 6.07) is 9.50. The van der Waals surface area contributed by atoms with Crippen LogP contribution < -0.4 is 5.32 Å². The number of carbonyl (C=O) groups is 2. The van der Waals surface area contributed by atoms with Gasteiger partial charge in [0.2, 0.25) is 5.91 Å². The zero-order valence-electron chi connectivity index (χ0n) is 13.1. The Balaban J connectivity index is 1.92. The molecule has 1 atom stereocenters. The Morgan fingerprint density at radius 2 is 1.92 bits per heavy atom. The summed E-state index contributed by atoms with van der Waals surface area (Å²) >= 11 is 7.08. The molecule has 0 radical (unpaired) electrons. The number of carboxylic acid groups (broad SMARTS) is 1. The number of carbonyl (C=O) groups excluding carboxylic acids is 1. The Morgan fingerprint density at radius 1 is 1.23 bits per heavy atom. The standard InChI is InChI=1S/C18H12ClF2NO3S/c19-13-11(9-4-2-1-3-5-9)8-12(20)15(14(13)21)22-17(23)16-10(18(24)25)6-7-26-16/h1-6,8,16H,7H2,(H,22,23)(H,24,25). The van der Waals surface area contributed by atoms with E-state index < -0.39 is 34.4 Å². The molecule has 3 rings (SSSR count). The second kappa shape index (κ2) is 7.47. The summed E-state index contributed by atoms with van der Waals surface area (Å²) in [6.07, 6.45) is 1.40. The molecule has 0 aromatic heterocycles. The van der Waals surface area contributed by atoms with Gasteiger partial charge in [-0.25, -0.2) is 13.6 Å². The van der Waals surface area contributed by atoms with Gasteiger partial charge in [0.25, 0.3) is 0 Å². The molecular formula is C18H12ClF2NO3S. The van der Waals surface area contributed by atoms with Crippen molar-refractivity contribution in [3.05, 3.63) is 64.7 Å². The third-order valence-corrected chi connectivity index (χ3v) is 5.36. The minimum absolute atomic E-state index is 0.111. The number of anilines is 1. The fourth-order valence-electron chi connectivity index (χ4n) is 2.57. The normalized spacial score (nSPS) is 16.3. The van der Waals surface area contributed by atoms with Gasteiger partial charge in [0.15, 0.2) is 5.82 Å². The van der Waals surface area contributed by atoms with Crippen LogP contribution in [0.15, 0.2) is 48.0 Å². The molecule has 4 nitrogen and oxygen atoms in total. The van der Waals surface area contributed by atoms with Crippen molar-refractivity contribution in [2.75, 3.05) is 11.1 Å². The average molecular weight is 396 g/mol. The molecule has 0 saturated heterocycles. The number of amides is 1. The van der Waals surface area contributed by atoms with Gasteiger partial charge in [-0.2, -0.15) is 0 Å². The fraction of sp³-hybridized carbons (Fsp3) is 0.111. The lowest BCUT2D eigenvalue weighted by atomic mass is 10.0. The molecule has 2 aromatic rings. The summed E-state index contributed by atoms with van der Waals surface area (Å²) in [6.45, 7) is 0. The Hall–Kier alpha value is -2.38. The van der Waals surface area contributed by atoms with Crippen molar-refractivity contribution in [3.8, 4) is 11.1 Å². The predicted molar refractivity (Wildman–Crippen MR) is 97.4 cm³/mol. The second-order valence-electron chi connectivity index (χ2n) is 5.44. The third kappa shape index (κ3) is 3.45. The van der Waals surface area contributed by atoms with Gasteiger partial charge in [-0.1, -0.05) is 48.0 Å². The van der Waals surface area contributed by atoms with Crippen LogP contribution in [0.4, 0.5) is 14.5 Å². The van der Waals surface area contributed by atoms with Gasteiger partial charge in [-0.15, -0.1) is 11.8 Å². The van der Waals surface area contributed by atoms with E-state index in [1.54, 1.807) is 30.3 Å². The summed E-state index contributed by atoms with van der Waals surface area (Å²) in [5, 5.41) is 9.83. The lowest BCUT2D eigenvalue weighted by Crippen LogP contribution is -2.29. The molecule has 1 aliphatic rings. The molecule has 26 heavy (non-hydrogen) atoms. The number of rotatable bonds is 4. The molecule has 2 aromatic carbocycles. The highest BCUT2D eigenvalue weighted by Crippen LogP contribution is 2.36. The first-order chi connectivity index (χ1) is 12.4. The van der Waals surface area contributed by atoms with Crippen molar-refractivity contribution >= 4 is 40.9 Å². The molecule has 0 aliphatic carbocycles. The molecule has 134 valence electrons. The number of aliphatic carboxylic acids is 1. The van der Waals surface area contributed by atoms with Gasteiger partial charge in [-0.05, 0) is 11.6 Å². The molecule has 0 saturated carbocycles. The first-order valence-corrected chi connectivity index (χ1v) is 8.91. The van der Waals surface area contributed by atoms with E-state index in [0.29, 0.717) is 11.3 Å². The van der Waals surface area contributed by atoms with Crippen LogP contribution in [-0.4, -0.2) is 28.0 Å². The van der Waals surface area contributed by atoms with E-state index in [1.807, 2.05) is 0 Å². The zero-order valence-corrected chi connectivity index (χ0v) is 14.7. The van der Waals surface area contributed by atoms with Gasteiger partial charge < -0.3 is 10.4 Å². The maximum atomic E-state index is 14.6. The summed E-state index contributed by atoms with van der Waals surface area (Å²) < 4.78 is 29.0. The van der Waals surface area contributed by atoms with Crippen LogP contribution in [0.5, 0.6) is 0 Å². The summed E-state index contributed by atoms with van der Waals surface area (Å²) in [4.78, 5) is 23.4. The predicted octanol–water partition coefficient (Wildman–Crippen LogP) is 4.35. The van der Waals surface area contributed by atoms with E-state index >= 15 is 0 Å². The highest BCUT2D eigenvalue weighted by molar-refractivity contribution is 8.01. The van der Waals surface area contributed by atoms with Crippen LogP contribution in [0, 0.1) is 11.6 Å². The molecule has 8 heteroatoms. The highest BCUT2D eigenvalue weighted by atomic mass is 35.5. The topological polar surface area (TPSA) is 66.4 Å². The van der Waals surface area contributed by atoms with Crippen molar-refractivity contribution in [2.24, 2.45) is 0 Å². The Kier molecular flexibility index (Phi) is 5.29. The Morgan fingerprint density at radius 3 is 2.58 bits per heavy atom. The quantitative estimate of drug-likeness (QED) is 0.755. The van der Waals surface area contributed by atoms with Gasteiger partial charge in [0.1, 0.15) is 16.8 Å². The van der Waals surface area contributed by atoms with Crippen molar-refractivity contribution in [2.45, 2.75) is 5.25 Å². The Labute approximate surface area is 156 Å². The Bertz CT molecular complexity index is 918. The van der Waals surface area contributed by atoms with E-state index in [2.05, 4.69) is 5.32 Å². The molecule has 0 bridgehead atoms. The lowest BCUT2D eigenvalue weighted by molar-refractivity contribution is -0.133. The average Bonchev–Trinajstić information content (AvgIpc) is 3.12. The molecule has 1 heterocycles. The first-order valence-electron chi connectivity index (χ1n) is 7.49. The minimum Gasteiger partial charge on any atom is -0.478 e. The summed E-state index contributed by atoms with van der Waals surface area (Å²) in [5.74, 6) is -3.83. The van der Waals surface area contributed by atoms with Crippen molar-refractivity contribution in [3.63, 3.8) is 0 Å². The number of benzene rings is 2. The number of hydrogen-bond acceptors (Lipinski definition) is 3. The first kappa shape index (κ1) is 18.4. The van der Waals surface area contributed by atoms with Crippen LogP contribution in [0.3, 0.4) is 0 Å². The van der Waals surface area contributed by atoms with Gasteiger partial charge >= 0.3 is 5.97 Å². The largest absolute Gasteiger partial charge is 0.478 e. The molecule has 1 aliphatic heterocycles. The number of nitrogens with one attached hydrogen (secondary N) is 1. The van der Waals surface area contributed by atoms with Gasteiger partial charge in [0.05, 0.1) is 10.6 Å². The van der Waals surface area contributed by atoms with Crippen molar-refractivity contribution in [1.82, 2.24) is 0 Å². The van der Waals surface area contributed by atoms with E-state index in [0.717, 1.165) is 17.8 Å². The minimum atomic E-state index is -1.24. The van der Waals surface area contributed by atoms with E-state index in [1.165, 1.54) is 6.08 Å². The van der Waals surface area contributed by atoms with E-state index in [9.17, 15) is 18.4 Å². The molecule has 0 spiro atoms. The highest BCUT2D eigenvalue weighted by Gasteiger charge is 2.33. The monoisotopic (exact) mass is 395 g/mol. The van der Waals surface area contributed by atoms with Crippen molar-refractivity contribution in [1.29, 1.82) is 0 Å². The van der Waals surface area contributed by atoms with Crippen LogP contribution in [0.25, 0.3) is 11.1 Å². The fourth-order valence-corrected chi connectivity index (χ4v) is 3.89. The van der Waals surface area contributed by atoms with Crippen LogP contribution in [0.2, 0.25) is 5.02 Å². The SMILES string of the molecule is O=C(O)C1=CCSC1C(=O)Nc1c(F)cc(-c2ccccc2)c(Cl)c1F. The van der Waals surface area contributed by atoms with E-state index in [4.69, 9.17) is 16.7 Å². The number of hydrogen-bond donors (Lipinski definition) is 2. The molecule has 2 N–H and O–H groups in total. The zero-order chi connectivity index (χ0) is 18.8. The van der Waals surface area contributed by atoms with Gasteiger partial charge in [0, 0.05) is 11.3 Å². The van der Waals surface area contributed by atoms with Crippen LogP contribution in [0.1, 0.15) is 0 Å².